The highest BCUT2D eigenvalue weighted by atomic mass is 32.1. The van der Waals surface area contributed by atoms with E-state index in [0.29, 0.717) is 5.92 Å². The molecule has 1 aliphatic heterocycles. The third-order valence-corrected chi connectivity index (χ3v) is 4.33. The zero-order valence-electron chi connectivity index (χ0n) is 10.2. The van der Waals surface area contributed by atoms with Crippen molar-refractivity contribution >= 4 is 11.3 Å². The summed E-state index contributed by atoms with van der Waals surface area (Å²) < 4.78 is 7.56. The summed E-state index contributed by atoms with van der Waals surface area (Å²) in [5.41, 5.74) is 7.45. The van der Waals surface area contributed by atoms with E-state index in [9.17, 15) is 0 Å². The van der Waals surface area contributed by atoms with Gasteiger partial charge in [-0.15, -0.1) is 11.3 Å². The Kier molecular flexibility index (Phi) is 3.45. The summed E-state index contributed by atoms with van der Waals surface area (Å²) in [5, 5.41) is 2.09. The van der Waals surface area contributed by atoms with Gasteiger partial charge in [0.25, 0.3) is 0 Å². The first-order chi connectivity index (χ1) is 8.84. The largest absolute Gasteiger partial charge is 0.381 e. The van der Waals surface area contributed by atoms with Crippen molar-refractivity contribution in [2.75, 3.05) is 13.2 Å². The average Bonchev–Trinajstić information content (AvgIpc) is 3.12. The molecule has 0 aliphatic carbocycles. The van der Waals surface area contributed by atoms with Gasteiger partial charge in [0.15, 0.2) is 0 Å². The average molecular weight is 263 g/mol. The van der Waals surface area contributed by atoms with Crippen LogP contribution in [0.4, 0.5) is 0 Å². The van der Waals surface area contributed by atoms with Crippen LogP contribution in [-0.2, 0) is 11.3 Å². The lowest BCUT2D eigenvalue weighted by Crippen LogP contribution is -2.24. The minimum absolute atomic E-state index is 0.0231. The molecule has 96 valence electrons. The SMILES string of the molecule is NC(c1cncn1Cc1cccs1)C1CCOC1. The Morgan fingerprint density at radius 2 is 2.56 bits per heavy atom. The first kappa shape index (κ1) is 11.9. The van der Waals surface area contributed by atoms with Gasteiger partial charge in [0.05, 0.1) is 31.2 Å². The Morgan fingerprint density at radius 1 is 1.61 bits per heavy atom. The van der Waals surface area contributed by atoms with Gasteiger partial charge >= 0.3 is 0 Å². The lowest BCUT2D eigenvalue weighted by molar-refractivity contribution is 0.180. The van der Waals surface area contributed by atoms with Crippen LogP contribution in [0.5, 0.6) is 0 Å². The van der Waals surface area contributed by atoms with Crippen LogP contribution in [0.2, 0.25) is 0 Å². The van der Waals surface area contributed by atoms with Crippen molar-refractivity contribution in [2.45, 2.75) is 19.0 Å². The third-order valence-electron chi connectivity index (χ3n) is 3.47. The fourth-order valence-electron chi connectivity index (χ4n) is 2.39. The van der Waals surface area contributed by atoms with E-state index in [1.165, 1.54) is 4.88 Å². The molecule has 5 heteroatoms. The number of thiophene rings is 1. The molecule has 18 heavy (non-hydrogen) atoms. The van der Waals surface area contributed by atoms with E-state index in [1.54, 1.807) is 11.3 Å². The van der Waals surface area contributed by atoms with Crippen molar-refractivity contribution < 1.29 is 4.74 Å². The van der Waals surface area contributed by atoms with Crippen LogP contribution in [0.15, 0.2) is 30.0 Å². The summed E-state index contributed by atoms with van der Waals surface area (Å²) in [6.07, 6.45) is 4.80. The van der Waals surface area contributed by atoms with E-state index < -0.39 is 0 Å². The van der Waals surface area contributed by atoms with Crippen LogP contribution in [0.1, 0.15) is 23.0 Å². The zero-order valence-corrected chi connectivity index (χ0v) is 11.0. The molecule has 1 fully saturated rings. The molecule has 2 aromatic rings. The van der Waals surface area contributed by atoms with Gasteiger partial charge in [-0.05, 0) is 17.9 Å². The molecule has 3 rings (SSSR count). The third kappa shape index (κ3) is 2.34. The Hall–Kier alpha value is -1.17. The van der Waals surface area contributed by atoms with Crippen molar-refractivity contribution in [1.29, 1.82) is 0 Å². The summed E-state index contributed by atoms with van der Waals surface area (Å²) in [5.74, 6) is 0.420. The van der Waals surface area contributed by atoms with Gasteiger partial charge < -0.3 is 15.0 Å². The fourth-order valence-corrected chi connectivity index (χ4v) is 3.09. The van der Waals surface area contributed by atoms with E-state index in [0.717, 1.165) is 31.9 Å². The highest BCUT2D eigenvalue weighted by Gasteiger charge is 2.26. The van der Waals surface area contributed by atoms with Crippen LogP contribution in [0.25, 0.3) is 0 Å². The molecular formula is C13H17N3OS. The molecule has 2 N–H and O–H groups in total. The number of aromatic nitrogens is 2. The molecule has 2 unspecified atom stereocenters. The van der Waals surface area contributed by atoms with Gasteiger partial charge in [0, 0.05) is 23.6 Å². The molecule has 1 saturated heterocycles. The first-order valence-electron chi connectivity index (χ1n) is 6.20. The lowest BCUT2D eigenvalue weighted by atomic mass is 9.97. The van der Waals surface area contributed by atoms with Crippen molar-refractivity contribution in [1.82, 2.24) is 9.55 Å². The predicted molar refractivity (Wildman–Crippen MR) is 71.5 cm³/mol. The number of hydrogen-bond acceptors (Lipinski definition) is 4. The van der Waals surface area contributed by atoms with Crippen molar-refractivity contribution in [2.24, 2.45) is 11.7 Å². The lowest BCUT2D eigenvalue weighted by Gasteiger charge is -2.19. The molecule has 2 atom stereocenters. The molecule has 0 radical (unpaired) electrons. The number of nitrogens with zero attached hydrogens (tertiary/aromatic N) is 2. The number of hydrogen-bond donors (Lipinski definition) is 1. The van der Waals surface area contributed by atoms with E-state index in [2.05, 4.69) is 27.1 Å². The van der Waals surface area contributed by atoms with Crippen LogP contribution in [0, 0.1) is 5.92 Å². The van der Waals surface area contributed by atoms with Gasteiger partial charge in [-0.1, -0.05) is 6.07 Å². The molecule has 0 bridgehead atoms. The van der Waals surface area contributed by atoms with Gasteiger partial charge in [0.1, 0.15) is 0 Å². The number of imidazole rings is 1. The summed E-state index contributed by atoms with van der Waals surface area (Å²) in [6.45, 7) is 2.46. The highest BCUT2D eigenvalue weighted by Crippen LogP contribution is 2.27. The van der Waals surface area contributed by atoms with E-state index in [1.807, 2.05) is 12.5 Å². The molecule has 4 nitrogen and oxygen atoms in total. The Balaban J connectivity index is 1.78. The van der Waals surface area contributed by atoms with Crippen molar-refractivity contribution in [3.8, 4) is 0 Å². The van der Waals surface area contributed by atoms with Crippen LogP contribution >= 0.6 is 11.3 Å². The Labute approximate surface area is 110 Å². The van der Waals surface area contributed by atoms with Crippen LogP contribution in [0.3, 0.4) is 0 Å². The van der Waals surface area contributed by atoms with Crippen molar-refractivity contribution in [3.63, 3.8) is 0 Å². The smallest absolute Gasteiger partial charge is 0.0952 e. The van der Waals surface area contributed by atoms with E-state index in [4.69, 9.17) is 10.5 Å². The monoisotopic (exact) mass is 263 g/mol. The standard InChI is InChI=1S/C13H17N3OS/c14-13(10-3-4-17-8-10)12-6-15-9-16(12)7-11-2-1-5-18-11/h1-2,5-6,9-10,13H,3-4,7-8,14H2. The second-order valence-electron chi connectivity index (χ2n) is 4.68. The summed E-state index contributed by atoms with van der Waals surface area (Å²) in [4.78, 5) is 5.57. The zero-order chi connectivity index (χ0) is 12.4. The predicted octanol–water partition coefficient (Wildman–Crippen LogP) is 2.03. The fraction of sp³-hybridized carbons (Fsp3) is 0.462. The quantitative estimate of drug-likeness (QED) is 0.918. The normalized spacial score (nSPS) is 21.3. The van der Waals surface area contributed by atoms with Crippen LogP contribution < -0.4 is 5.73 Å². The Morgan fingerprint density at radius 3 is 3.28 bits per heavy atom. The minimum atomic E-state index is 0.0231. The van der Waals surface area contributed by atoms with E-state index in [-0.39, 0.29) is 6.04 Å². The second-order valence-corrected chi connectivity index (χ2v) is 5.71. The molecule has 0 amide bonds. The maximum Gasteiger partial charge on any atom is 0.0952 e. The van der Waals surface area contributed by atoms with Gasteiger partial charge in [-0.25, -0.2) is 4.98 Å². The first-order valence-corrected chi connectivity index (χ1v) is 7.08. The van der Waals surface area contributed by atoms with Crippen molar-refractivity contribution in [3.05, 3.63) is 40.6 Å². The Bertz CT molecular complexity index is 488. The highest BCUT2D eigenvalue weighted by molar-refractivity contribution is 7.09. The molecule has 2 aromatic heterocycles. The summed E-state index contributed by atoms with van der Waals surface area (Å²) in [7, 11) is 0. The van der Waals surface area contributed by atoms with Gasteiger partial charge in [-0.3, -0.25) is 0 Å². The minimum Gasteiger partial charge on any atom is -0.381 e. The van der Waals surface area contributed by atoms with E-state index >= 15 is 0 Å². The second kappa shape index (κ2) is 5.22. The number of nitrogens with two attached hydrogens (primary N) is 1. The topological polar surface area (TPSA) is 53.1 Å². The molecule has 0 spiro atoms. The van der Waals surface area contributed by atoms with Gasteiger partial charge in [0.2, 0.25) is 0 Å². The van der Waals surface area contributed by atoms with Crippen LogP contribution in [-0.4, -0.2) is 22.8 Å². The number of rotatable bonds is 4. The maximum atomic E-state index is 6.34. The number of ether oxygens (including phenoxy) is 1. The molecule has 3 heterocycles. The molecular weight excluding hydrogens is 246 g/mol. The summed E-state index contributed by atoms with van der Waals surface area (Å²) in [6, 6.07) is 4.23. The molecule has 1 aliphatic rings. The summed E-state index contributed by atoms with van der Waals surface area (Å²) >= 11 is 1.76. The van der Waals surface area contributed by atoms with Gasteiger partial charge in [-0.2, -0.15) is 0 Å². The molecule has 0 saturated carbocycles. The maximum absolute atomic E-state index is 6.34. The molecule has 0 aromatic carbocycles.